The summed E-state index contributed by atoms with van der Waals surface area (Å²) in [6, 6.07) is 0. The van der Waals surface area contributed by atoms with Crippen LogP contribution in [-0.4, -0.2) is 37.2 Å². The number of carbonyl (C=O) groups is 3. The molecule has 0 aromatic carbocycles. The zero-order valence-corrected chi connectivity index (χ0v) is 41.4. The smallest absolute Gasteiger partial charge is 0.306 e. The van der Waals surface area contributed by atoms with Gasteiger partial charge in [-0.2, -0.15) is 0 Å². The molecule has 6 nitrogen and oxygen atoms in total. The Labute approximate surface area is 385 Å². The monoisotopic (exact) mass is 871 g/mol. The molecular formula is C56H102O6. The van der Waals surface area contributed by atoms with E-state index in [1.54, 1.807) is 0 Å². The standard InChI is InChI=1S/C56H102O6/c1-4-7-10-13-16-19-22-24-26-28-29-31-32-34-37-40-43-46-49-55(58)61-52-53(51-60-54(57)48-45-42-39-36-21-18-15-12-9-6-3)62-56(59)50-47-44-41-38-35-33-30-27-25-23-20-17-14-11-8-5-2/h15,18,26,28-29,31,53H,4-14,16-17,19-25,27,30,32-52H2,1-3H3/b18-15-,28-26-,31-29-. The first-order chi connectivity index (χ1) is 30.5. The van der Waals surface area contributed by atoms with Gasteiger partial charge in [0.25, 0.3) is 0 Å². The topological polar surface area (TPSA) is 78.9 Å². The van der Waals surface area contributed by atoms with Crippen LogP contribution in [-0.2, 0) is 28.6 Å². The van der Waals surface area contributed by atoms with Crippen LogP contribution < -0.4 is 0 Å². The molecule has 0 aliphatic heterocycles. The lowest BCUT2D eigenvalue weighted by atomic mass is 10.0. The zero-order valence-electron chi connectivity index (χ0n) is 41.4. The molecule has 0 bridgehead atoms. The third-order valence-electron chi connectivity index (χ3n) is 11.9. The van der Waals surface area contributed by atoms with Gasteiger partial charge in [0.15, 0.2) is 6.10 Å². The molecule has 0 radical (unpaired) electrons. The van der Waals surface area contributed by atoms with Gasteiger partial charge in [0.05, 0.1) is 0 Å². The molecule has 362 valence electrons. The van der Waals surface area contributed by atoms with Crippen molar-refractivity contribution in [1.82, 2.24) is 0 Å². The lowest BCUT2D eigenvalue weighted by molar-refractivity contribution is -0.167. The number of allylic oxidation sites excluding steroid dienone is 6. The van der Waals surface area contributed by atoms with Crippen LogP contribution in [0.25, 0.3) is 0 Å². The first kappa shape index (κ1) is 59.6. The van der Waals surface area contributed by atoms with Crippen molar-refractivity contribution in [2.24, 2.45) is 0 Å². The highest BCUT2D eigenvalue weighted by Crippen LogP contribution is 2.16. The van der Waals surface area contributed by atoms with Crippen molar-refractivity contribution in [1.29, 1.82) is 0 Å². The highest BCUT2D eigenvalue weighted by molar-refractivity contribution is 5.71. The molecule has 0 saturated heterocycles. The van der Waals surface area contributed by atoms with Crippen molar-refractivity contribution < 1.29 is 28.6 Å². The second-order valence-electron chi connectivity index (χ2n) is 18.2. The van der Waals surface area contributed by atoms with Crippen LogP contribution in [0.2, 0.25) is 0 Å². The average molecular weight is 871 g/mol. The summed E-state index contributed by atoms with van der Waals surface area (Å²) in [4.78, 5) is 38.0. The normalized spacial score (nSPS) is 12.2. The van der Waals surface area contributed by atoms with Crippen LogP contribution in [0, 0.1) is 0 Å². The van der Waals surface area contributed by atoms with Crippen molar-refractivity contribution in [3.05, 3.63) is 36.5 Å². The number of ether oxygens (including phenoxy) is 3. The lowest BCUT2D eigenvalue weighted by Crippen LogP contribution is -2.30. The van der Waals surface area contributed by atoms with Crippen molar-refractivity contribution >= 4 is 17.9 Å². The summed E-state index contributed by atoms with van der Waals surface area (Å²) in [7, 11) is 0. The Morgan fingerprint density at radius 1 is 0.323 bits per heavy atom. The molecule has 1 atom stereocenters. The van der Waals surface area contributed by atoms with Crippen molar-refractivity contribution in [2.45, 2.75) is 290 Å². The number of unbranched alkanes of at least 4 members (excludes halogenated alkanes) is 33. The van der Waals surface area contributed by atoms with Gasteiger partial charge in [0.2, 0.25) is 0 Å². The van der Waals surface area contributed by atoms with Crippen molar-refractivity contribution in [3.63, 3.8) is 0 Å². The predicted molar refractivity (Wildman–Crippen MR) is 266 cm³/mol. The van der Waals surface area contributed by atoms with Crippen molar-refractivity contribution in [3.8, 4) is 0 Å². The van der Waals surface area contributed by atoms with Gasteiger partial charge in [-0.15, -0.1) is 0 Å². The Morgan fingerprint density at radius 2 is 0.597 bits per heavy atom. The predicted octanol–water partition coefficient (Wildman–Crippen LogP) is 17.7. The fourth-order valence-corrected chi connectivity index (χ4v) is 7.77. The van der Waals surface area contributed by atoms with Crippen LogP contribution in [0.4, 0.5) is 0 Å². The Kier molecular flexibility index (Phi) is 49.3. The first-order valence-corrected chi connectivity index (χ1v) is 27.0. The van der Waals surface area contributed by atoms with Crippen molar-refractivity contribution in [2.75, 3.05) is 13.2 Å². The van der Waals surface area contributed by atoms with Gasteiger partial charge in [0.1, 0.15) is 13.2 Å². The minimum Gasteiger partial charge on any atom is -0.462 e. The number of hydrogen-bond acceptors (Lipinski definition) is 6. The SMILES string of the molecule is CCCC/C=C\CCCCCCC(=O)OCC(COC(=O)CCCCCCC/C=C\C=C/CCCCCCCCC)OC(=O)CCCCCCCCCCCCCCCCCC. The Hall–Kier alpha value is -2.37. The van der Waals surface area contributed by atoms with E-state index >= 15 is 0 Å². The van der Waals surface area contributed by atoms with E-state index in [2.05, 4.69) is 57.2 Å². The van der Waals surface area contributed by atoms with Gasteiger partial charge in [-0.1, -0.05) is 237 Å². The van der Waals surface area contributed by atoms with Gasteiger partial charge < -0.3 is 14.2 Å². The maximum Gasteiger partial charge on any atom is 0.306 e. The molecule has 62 heavy (non-hydrogen) atoms. The highest BCUT2D eigenvalue weighted by atomic mass is 16.6. The summed E-state index contributed by atoms with van der Waals surface area (Å²) in [5.41, 5.74) is 0. The van der Waals surface area contributed by atoms with E-state index in [-0.39, 0.29) is 31.1 Å². The molecule has 0 N–H and O–H groups in total. The second kappa shape index (κ2) is 51.3. The second-order valence-corrected chi connectivity index (χ2v) is 18.2. The fraction of sp³-hybridized carbons (Fsp3) is 0.839. The molecular weight excluding hydrogens is 769 g/mol. The molecule has 0 rings (SSSR count). The molecule has 0 aliphatic carbocycles. The van der Waals surface area contributed by atoms with Gasteiger partial charge in [-0.25, -0.2) is 0 Å². The van der Waals surface area contributed by atoms with Crippen LogP contribution in [0.5, 0.6) is 0 Å². The fourth-order valence-electron chi connectivity index (χ4n) is 7.77. The molecule has 0 aromatic heterocycles. The summed E-state index contributed by atoms with van der Waals surface area (Å²) in [5, 5.41) is 0. The van der Waals surface area contributed by atoms with E-state index in [0.29, 0.717) is 19.3 Å². The molecule has 0 fully saturated rings. The summed E-state index contributed by atoms with van der Waals surface area (Å²) in [6.07, 6.45) is 59.9. The summed E-state index contributed by atoms with van der Waals surface area (Å²) in [6.45, 7) is 6.59. The van der Waals surface area contributed by atoms with E-state index in [9.17, 15) is 14.4 Å². The molecule has 1 unspecified atom stereocenters. The van der Waals surface area contributed by atoms with Gasteiger partial charge in [-0.05, 0) is 64.2 Å². The summed E-state index contributed by atoms with van der Waals surface area (Å²) < 4.78 is 16.8. The van der Waals surface area contributed by atoms with Crippen LogP contribution in [0.15, 0.2) is 36.5 Å². The molecule has 0 amide bonds. The van der Waals surface area contributed by atoms with Crippen LogP contribution in [0.3, 0.4) is 0 Å². The maximum absolute atomic E-state index is 12.8. The summed E-state index contributed by atoms with van der Waals surface area (Å²) in [5.74, 6) is -0.896. The Balaban J connectivity index is 4.33. The third kappa shape index (κ3) is 48.7. The number of esters is 3. The number of hydrogen-bond donors (Lipinski definition) is 0. The zero-order chi connectivity index (χ0) is 45.1. The van der Waals surface area contributed by atoms with Gasteiger partial charge >= 0.3 is 17.9 Å². The molecule has 0 saturated carbocycles. The van der Waals surface area contributed by atoms with E-state index in [0.717, 1.165) is 96.3 Å². The van der Waals surface area contributed by atoms with Crippen LogP contribution >= 0.6 is 0 Å². The minimum atomic E-state index is -0.779. The quantitative estimate of drug-likeness (QED) is 0.0199. The van der Waals surface area contributed by atoms with Gasteiger partial charge in [0, 0.05) is 19.3 Å². The molecule has 0 aliphatic rings. The molecule has 0 spiro atoms. The molecule has 0 heterocycles. The Bertz CT molecular complexity index is 1050. The largest absolute Gasteiger partial charge is 0.462 e. The first-order valence-electron chi connectivity index (χ1n) is 27.0. The van der Waals surface area contributed by atoms with E-state index in [1.165, 1.54) is 148 Å². The Morgan fingerprint density at radius 3 is 0.952 bits per heavy atom. The minimum absolute atomic E-state index is 0.0806. The summed E-state index contributed by atoms with van der Waals surface area (Å²) >= 11 is 0. The number of carbonyl (C=O) groups excluding carboxylic acids is 3. The van der Waals surface area contributed by atoms with Gasteiger partial charge in [-0.3, -0.25) is 14.4 Å². The van der Waals surface area contributed by atoms with E-state index in [1.807, 2.05) is 0 Å². The van der Waals surface area contributed by atoms with E-state index in [4.69, 9.17) is 14.2 Å². The average Bonchev–Trinajstić information content (AvgIpc) is 3.27. The highest BCUT2D eigenvalue weighted by Gasteiger charge is 2.19. The number of rotatable bonds is 49. The van der Waals surface area contributed by atoms with Crippen LogP contribution in [0.1, 0.15) is 284 Å². The maximum atomic E-state index is 12.8. The molecule has 0 aromatic rings. The van der Waals surface area contributed by atoms with E-state index < -0.39 is 6.10 Å². The third-order valence-corrected chi connectivity index (χ3v) is 11.9. The molecule has 6 heteroatoms. The lowest BCUT2D eigenvalue weighted by Gasteiger charge is -2.18.